The summed E-state index contributed by atoms with van der Waals surface area (Å²) >= 11 is 0. The number of nitrogens with zero attached hydrogens (tertiary/aromatic N) is 2. The van der Waals surface area contributed by atoms with Crippen molar-refractivity contribution in [3.05, 3.63) is 47.2 Å². The molecule has 3 heterocycles. The highest BCUT2D eigenvalue weighted by atomic mass is 32.2. The van der Waals surface area contributed by atoms with Gasteiger partial charge in [-0.2, -0.15) is 0 Å². The van der Waals surface area contributed by atoms with Crippen LogP contribution in [0, 0.1) is 0 Å². The molecule has 1 unspecified atom stereocenters. The van der Waals surface area contributed by atoms with Gasteiger partial charge in [-0.25, -0.2) is 22.2 Å². The van der Waals surface area contributed by atoms with Gasteiger partial charge in [-0.1, -0.05) is 12.1 Å². The first-order valence-electron chi connectivity index (χ1n) is 10.5. The molecule has 1 fully saturated rings. The van der Waals surface area contributed by atoms with Crippen molar-refractivity contribution >= 4 is 15.7 Å². The number of hydrogen-bond acceptors (Lipinski definition) is 6. The van der Waals surface area contributed by atoms with Crippen molar-refractivity contribution in [1.82, 2.24) is 9.88 Å². The highest BCUT2D eigenvalue weighted by Crippen LogP contribution is 2.38. The Kier molecular flexibility index (Phi) is 6.37. The molecule has 174 valence electrons. The first-order valence-corrected chi connectivity index (χ1v) is 12.0. The number of methoxy groups -OCH3 is 1. The smallest absolute Gasteiger partial charge is 0.262 e. The second-order valence-electron chi connectivity index (χ2n) is 8.30. The third kappa shape index (κ3) is 5.02. The molecular weight excluding hydrogens is 440 g/mol. The Morgan fingerprint density at radius 3 is 2.62 bits per heavy atom. The van der Waals surface area contributed by atoms with Crippen LogP contribution in [0.1, 0.15) is 35.8 Å². The molecule has 0 radical (unpaired) electrons. The SMILES string of the molecule is COc1nc2c(cc1NS(=O)(=O)c1ccc(C3CC(F)(F)CCO3)cc1)CCN(C)CC2. The van der Waals surface area contributed by atoms with Gasteiger partial charge in [-0.3, -0.25) is 4.72 Å². The number of sulfonamides is 1. The Morgan fingerprint density at radius 1 is 1.22 bits per heavy atom. The molecule has 7 nitrogen and oxygen atoms in total. The Morgan fingerprint density at radius 2 is 1.94 bits per heavy atom. The molecule has 0 aliphatic carbocycles. The molecule has 1 saturated heterocycles. The quantitative estimate of drug-likeness (QED) is 0.726. The van der Waals surface area contributed by atoms with E-state index in [9.17, 15) is 17.2 Å². The van der Waals surface area contributed by atoms with Crippen LogP contribution in [0.15, 0.2) is 35.2 Å². The van der Waals surface area contributed by atoms with Crippen LogP contribution in [-0.2, 0) is 27.6 Å². The van der Waals surface area contributed by atoms with Gasteiger partial charge in [0.2, 0.25) is 5.88 Å². The van der Waals surface area contributed by atoms with E-state index in [1.807, 2.05) is 7.05 Å². The van der Waals surface area contributed by atoms with Gasteiger partial charge < -0.3 is 14.4 Å². The average molecular weight is 468 g/mol. The van der Waals surface area contributed by atoms with Crippen molar-refractivity contribution in [2.45, 2.75) is 42.6 Å². The predicted octanol–water partition coefficient (Wildman–Crippen LogP) is 3.41. The summed E-state index contributed by atoms with van der Waals surface area (Å²) in [6.07, 6.45) is 0.0599. The number of alkyl halides is 2. The summed E-state index contributed by atoms with van der Waals surface area (Å²) in [6, 6.07) is 7.61. The molecule has 4 rings (SSSR count). The minimum Gasteiger partial charge on any atom is -0.479 e. The summed E-state index contributed by atoms with van der Waals surface area (Å²) in [6.45, 7) is 1.70. The molecule has 1 aromatic carbocycles. The highest BCUT2D eigenvalue weighted by Gasteiger charge is 2.37. The molecule has 2 aliphatic heterocycles. The molecule has 32 heavy (non-hydrogen) atoms. The zero-order valence-corrected chi connectivity index (χ0v) is 18.9. The van der Waals surface area contributed by atoms with Gasteiger partial charge in [0.15, 0.2) is 0 Å². The van der Waals surface area contributed by atoms with E-state index in [1.54, 1.807) is 6.07 Å². The van der Waals surface area contributed by atoms with Gasteiger partial charge in [0, 0.05) is 38.0 Å². The Labute approximate surface area is 186 Å². The molecule has 10 heteroatoms. The zero-order chi connectivity index (χ0) is 22.9. The molecule has 2 aliphatic rings. The molecule has 0 bridgehead atoms. The third-order valence-corrected chi connectivity index (χ3v) is 7.30. The molecule has 1 atom stereocenters. The Hall–Kier alpha value is -2.30. The summed E-state index contributed by atoms with van der Waals surface area (Å²) in [5.74, 6) is -2.56. The van der Waals surface area contributed by atoms with Crippen molar-refractivity contribution < 1.29 is 26.7 Å². The van der Waals surface area contributed by atoms with Gasteiger partial charge in [0.25, 0.3) is 15.9 Å². The van der Waals surface area contributed by atoms with Crippen molar-refractivity contribution in [1.29, 1.82) is 0 Å². The maximum absolute atomic E-state index is 13.7. The van der Waals surface area contributed by atoms with Crippen molar-refractivity contribution in [3.63, 3.8) is 0 Å². The summed E-state index contributed by atoms with van der Waals surface area (Å²) in [7, 11) is -0.446. The maximum atomic E-state index is 13.7. The van der Waals surface area contributed by atoms with E-state index < -0.39 is 28.5 Å². The van der Waals surface area contributed by atoms with E-state index in [2.05, 4.69) is 14.6 Å². The van der Waals surface area contributed by atoms with Gasteiger partial charge in [-0.15, -0.1) is 0 Å². The summed E-state index contributed by atoms with van der Waals surface area (Å²) < 4.78 is 66.7. The van der Waals surface area contributed by atoms with Crippen molar-refractivity contribution in [2.75, 3.05) is 38.6 Å². The molecule has 2 aromatic rings. The number of benzene rings is 1. The van der Waals surface area contributed by atoms with E-state index in [1.165, 1.54) is 31.4 Å². The molecule has 1 N–H and O–H groups in total. The molecule has 0 amide bonds. The van der Waals surface area contributed by atoms with Crippen LogP contribution in [0.2, 0.25) is 0 Å². The summed E-state index contributed by atoms with van der Waals surface area (Å²) in [4.78, 5) is 6.74. The average Bonchev–Trinajstić information content (AvgIpc) is 2.93. The number of halogens is 2. The monoisotopic (exact) mass is 467 g/mol. The topological polar surface area (TPSA) is 80.8 Å². The number of hydrogen-bond donors (Lipinski definition) is 1. The number of pyridine rings is 1. The lowest BCUT2D eigenvalue weighted by Crippen LogP contribution is -2.29. The number of fused-ring (bicyclic) bond motifs is 1. The fourth-order valence-electron chi connectivity index (χ4n) is 4.02. The zero-order valence-electron chi connectivity index (χ0n) is 18.1. The number of anilines is 1. The fourth-order valence-corrected chi connectivity index (χ4v) is 5.07. The van der Waals surface area contributed by atoms with Crippen LogP contribution >= 0.6 is 0 Å². The second kappa shape index (κ2) is 8.92. The Balaban J connectivity index is 1.55. The lowest BCUT2D eigenvalue weighted by Gasteiger charge is -2.29. The molecule has 0 saturated carbocycles. The lowest BCUT2D eigenvalue weighted by atomic mass is 9.99. The summed E-state index contributed by atoms with van der Waals surface area (Å²) in [5, 5.41) is 0. The summed E-state index contributed by atoms with van der Waals surface area (Å²) in [5.41, 5.74) is 2.69. The van der Waals surface area contributed by atoms with Crippen LogP contribution in [0.25, 0.3) is 0 Å². The van der Waals surface area contributed by atoms with E-state index >= 15 is 0 Å². The van der Waals surface area contributed by atoms with Gasteiger partial charge >= 0.3 is 0 Å². The number of nitrogens with one attached hydrogen (secondary N) is 1. The standard InChI is InChI=1S/C22H27F2N3O4S/c1-27-10-7-16-13-19(21(30-2)25-18(16)8-11-27)26-32(28,29)17-5-3-15(4-6-17)20-14-22(23,24)9-12-31-20/h3-6,13,20,26H,7-12,14H2,1-2H3. The molecular formula is C22H27F2N3O4S. The Bertz CT molecular complexity index is 1080. The first-order chi connectivity index (χ1) is 15.2. The van der Waals surface area contributed by atoms with Crippen LogP contribution in [-0.4, -0.2) is 58.1 Å². The van der Waals surface area contributed by atoms with E-state index in [0.717, 1.165) is 37.2 Å². The number of ether oxygens (including phenoxy) is 2. The minimum atomic E-state index is -3.93. The second-order valence-corrected chi connectivity index (χ2v) is 9.98. The van der Waals surface area contributed by atoms with Gasteiger partial charge in [0.05, 0.1) is 24.7 Å². The maximum Gasteiger partial charge on any atom is 0.262 e. The van der Waals surface area contributed by atoms with Crippen molar-refractivity contribution in [2.24, 2.45) is 0 Å². The first kappa shape index (κ1) is 22.9. The number of rotatable bonds is 5. The van der Waals surface area contributed by atoms with Crippen LogP contribution < -0.4 is 9.46 Å². The predicted molar refractivity (Wildman–Crippen MR) is 116 cm³/mol. The van der Waals surface area contributed by atoms with E-state index in [4.69, 9.17) is 9.47 Å². The highest BCUT2D eigenvalue weighted by molar-refractivity contribution is 7.92. The number of aromatic nitrogens is 1. The van der Waals surface area contributed by atoms with Crippen LogP contribution in [0.5, 0.6) is 5.88 Å². The third-order valence-electron chi connectivity index (χ3n) is 5.92. The van der Waals surface area contributed by atoms with E-state index in [0.29, 0.717) is 5.56 Å². The molecule has 0 spiro atoms. The normalized spacial score (nSPS) is 21.4. The van der Waals surface area contributed by atoms with E-state index in [-0.39, 0.29) is 29.5 Å². The number of likely N-dealkylation sites (N-methyl/N-ethyl adjacent to an activating group) is 1. The van der Waals surface area contributed by atoms with Gasteiger partial charge in [0.1, 0.15) is 5.69 Å². The minimum absolute atomic E-state index is 0.0144. The lowest BCUT2D eigenvalue weighted by molar-refractivity contribution is -0.129. The van der Waals surface area contributed by atoms with Crippen molar-refractivity contribution in [3.8, 4) is 5.88 Å². The van der Waals surface area contributed by atoms with Crippen LogP contribution in [0.4, 0.5) is 14.5 Å². The van der Waals surface area contributed by atoms with Gasteiger partial charge in [-0.05, 0) is 42.8 Å². The molecule has 1 aromatic heterocycles. The fraction of sp³-hybridized carbons (Fsp3) is 0.500. The largest absolute Gasteiger partial charge is 0.479 e. The van der Waals surface area contributed by atoms with Crippen LogP contribution in [0.3, 0.4) is 0 Å².